The third-order valence-corrected chi connectivity index (χ3v) is 2.91. The number of ether oxygens (including phenoxy) is 3. The molecule has 0 saturated carbocycles. The summed E-state index contributed by atoms with van der Waals surface area (Å²) >= 11 is 0. The Morgan fingerprint density at radius 1 is 1.11 bits per heavy atom. The van der Waals surface area contributed by atoms with E-state index in [4.69, 9.17) is 19.6 Å². The maximum Gasteiger partial charge on any atom is 0.279 e. The Kier molecular flexibility index (Phi) is 4.07. The average molecular weight is 264 g/mol. The Bertz CT molecular complexity index is 468. The molecule has 19 heavy (non-hydrogen) atoms. The van der Waals surface area contributed by atoms with Crippen molar-refractivity contribution < 1.29 is 14.2 Å². The van der Waals surface area contributed by atoms with Gasteiger partial charge in [0, 0.05) is 24.3 Å². The van der Waals surface area contributed by atoms with Gasteiger partial charge in [-0.3, -0.25) is 5.41 Å². The van der Waals surface area contributed by atoms with E-state index >= 15 is 0 Å². The fourth-order valence-corrected chi connectivity index (χ4v) is 2.25. The molecule has 2 rings (SSSR count). The Morgan fingerprint density at radius 2 is 1.79 bits per heavy atom. The Balaban J connectivity index is 2.42. The molecule has 1 aliphatic heterocycles. The molecular weight excluding hydrogens is 244 g/mol. The van der Waals surface area contributed by atoms with E-state index in [1.165, 1.54) is 0 Å². The first-order valence-corrected chi connectivity index (χ1v) is 6.59. The van der Waals surface area contributed by atoms with Gasteiger partial charge in [-0.15, -0.1) is 0 Å². The van der Waals surface area contributed by atoms with Crippen molar-refractivity contribution in [3.8, 4) is 5.75 Å². The van der Waals surface area contributed by atoms with E-state index in [0.717, 1.165) is 16.9 Å². The van der Waals surface area contributed by atoms with Crippen molar-refractivity contribution in [3.05, 3.63) is 29.3 Å². The monoisotopic (exact) mass is 264 g/mol. The molecule has 0 radical (unpaired) electrons. The molecule has 0 aliphatic carbocycles. The lowest BCUT2D eigenvalue weighted by atomic mass is 10.1. The van der Waals surface area contributed by atoms with Gasteiger partial charge < -0.3 is 19.5 Å². The topological polar surface area (TPSA) is 63.6 Å². The first-order chi connectivity index (χ1) is 9.16. The van der Waals surface area contributed by atoms with Gasteiger partial charge in [-0.05, 0) is 39.0 Å². The fourth-order valence-electron chi connectivity index (χ4n) is 2.25. The maximum absolute atomic E-state index is 8.05. The minimum Gasteiger partial charge on any atom is -0.494 e. The molecule has 5 nitrogen and oxygen atoms in total. The summed E-state index contributed by atoms with van der Waals surface area (Å²) in [6.45, 7) is 7.32. The quantitative estimate of drug-likeness (QED) is 0.773. The summed E-state index contributed by atoms with van der Waals surface area (Å²) in [6.07, 6.45) is 0. The third kappa shape index (κ3) is 2.43. The maximum atomic E-state index is 8.05. The zero-order valence-electron chi connectivity index (χ0n) is 11.6. The summed E-state index contributed by atoms with van der Waals surface area (Å²) in [7, 11) is 0. The molecule has 2 N–H and O–H groups in total. The molecule has 1 aromatic rings. The van der Waals surface area contributed by atoms with Crippen LogP contribution in [0, 0.1) is 5.41 Å². The first kappa shape index (κ1) is 13.8. The number of rotatable bonds is 6. The lowest BCUT2D eigenvalue weighted by molar-refractivity contribution is -0.249. The highest BCUT2D eigenvalue weighted by Gasteiger charge is 2.43. The van der Waals surface area contributed by atoms with Gasteiger partial charge in [0.25, 0.3) is 5.91 Å². The van der Waals surface area contributed by atoms with Crippen LogP contribution in [0.2, 0.25) is 0 Å². The number of fused-ring (bicyclic) bond motifs is 1. The molecule has 0 fully saturated rings. The molecule has 1 aliphatic rings. The van der Waals surface area contributed by atoms with Crippen LogP contribution < -0.4 is 10.1 Å². The van der Waals surface area contributed by atoms with Gasteiger partial charge in [-0.2, -0.15) is 0 Å². The summed E-state index contributed by atoms with van der Waals surface area (Å²) in [6, 6.07) is 5.60. The molecule has 0 atom stereocenters. The Morgan fingerprint density at radius 3 is 2.37 bits per heavy atom. The van der Waals surface area contributed by atoms with Crippen LogP contribution in [0.4, 0.5) is 0 Å². The number of hydrogen-bond acceptors (Lipinski definition) is 4. The van der Waals surface area contributed by atoms with Gasteiger partial charge in [0.15, 0.2) is 0 Å². The van der Waals surface area contributed by atoms with E-state index in [2.05, 4.69) is 5.32 Å². The third-order valence-electron chi connectivity index (χ3n) is 2.91. The van der Waals surface area contributed by atoms with Gasteiger partial charge >= 0.3 is 0 Å². The van der Waals surface area contributed by atoms with Crippen molar-refractivity contribution in [2.75, 3.05) is 19.8 Å². The summed E-state index contributed by atoms with van der Waals surface area (Å²) < 4.78 is 16.9. The van der Waals surface area contributed by atoms with Crippen molar-refractivity contribution in [3.63, 3.8) is 0 Å². The van der Waals surface area contributed by atoms with E-state index in [-0.39, 0.29) is 0 Å². The Hall–Kier alpha value is -1.59. The smallest absolute Gasteiger partial charge is 0.279 e. The van der Waals surface area contributed by atoms with Crippen LogP contribution in [-0.2, 0) is 15.4 Å². The van der Waals surface area contributed by atoms with Crippen molar-refractivity contribution in [1.29, 1.82) is 5.41 Å². The van der Waals surface area contributed by atoms with Crippen molar-refractivity contribution >= 4 is 5.84 Å². The predicted molar refractivity (Wildman–Crippen MR) is 72.5 cm³/mol. The van der Waals surface area contributed by atoms with Gasteiger partial charge in [-0.1, -0.05) is 0 Å². The highest BCUT2D eigenvalue weighted by molar-refractivity contribution is 6.01. The van der Waals surface area contributed by atoms with Crippen LogP contribution in [0.3, 0.4) is 0 Å². The van der Waals surface area contributed by atoms with Gasteiger partial charge in [0.2, 0.25) is 0 Å². The van der Waals surface area contributed by atoms with Crippen LogP contribution in [0.5, 0.6) is 5.75 Å². The van der Waals surface area contributed by atoms with Crippen LogP contribution in [0.15, 0.2) is 18.2 Å². The number of benzene rings is 1. The van der Waals surface area contributed by atoms with E-state index in [1.54, 1.807) is 0 Å². The molecule has 0 saturated heterocycles. The highest BCUT2D eigenvalue weighted by atomic mass is 16.7. The number of amidine groups is 1. The lowest BCUT2D eigenvalue weighted by Gasteiger charge is -2.29. The lowest BCUT2D eigenvalue weighted by Crippen LogP contribution is -2.44. The van der Waals surface area contributed by atoms with Crippen LogP contribution in [-0.4, -0.2) is 25.7 Å². The van der Waals surface area contributed by atoms with E-state index in [9.17, 15) is 0 Å². The first-order valence-electron chi connectivity index (χ1n) is 6.59. The zero-order valence-corrected chi connectivity index (χ0v) is 11.6. The second kappa shape index (κ2) is 5.59. The van der Waals surface area contributed by atoms with E-state index in [1.807, 2.05) is 39.0 Å². The second-order valence-electron chi connectivity index (χ2n) is 4.12. The summed E-state index contributed by atoms with van der Waals surface area (Å²) in [5, 5.41) is 11.0. The van der Waals surface area contributed by atoms with Crippen LogP contribution in [0.25, 0.3) is 0 Å². The molecule has 5 heteroatoms. The molecule has 0 aromatic heterocycles. The highest BCUT2D eigenvalue weighted by Crippen LogP contribution is 2.35. The molecular formula is C14H20N2O3. The van der Waals surface area contributed by atoms with E-state index in [0.29, 0.717) is 25.7 Å². The Labute approximate surface area is 113 Å². The molecule has 0 bridgehead atoms. The normalized spacial score (nSPS) is 16.1. The number of nitrogens with one attached hydrogen (secondary N) is 2. The van der Waals surface area contributed by atoms with Crippen molar-refractivity contribution in [2.24, 2.45) is 0 Å². The number of hydrogen-bond donors (Lipinski definition) is 2. The van der Waals surface area contributed by atoms with Gasteiger partial charge in [0.1, 0.15) is 11.6 Å². The molecule has 0 spiro atoms. The molecule has 0 unspecified atom stereocenters. The molecule has 1 aromatic carbocycles. The van der Waals surface area contributed by atoms with Crippen LogP contribution in [0.1, 0.15) is 31.9 Å². The van der Waals surface area contributed by atoms with Gasteiger partial charge in [-0.25, -0.2) is 0 Å². The van der Waals surface area contributed by atoms with Crippen molar-refractivity contribution in [1.82, 2.24) is 5.32 Å². The zero-order chi connectivity index (χ0) is 13.9. The summed E-state index contributed by atoms with van der Waals surface area (Å²) in [5.41, 5.74) is 1.58. The standard InChI is InChI=1S/C14H20N2O3/c1-4-17-10-7-8-12-11(9-10)13(15)16-14(12,18-5-2)19-6-3/h7-9H,4-6H2,1-3H3,(H2,15,16). The van der Waals surface area contributed by atoms with E-state index < -0.39 is 5.91 Å². The van der Waals surface area contributed by atoms with Crippen LogP contribution >= 0.6 is 0 Å². The minimum absolute atomic E-state index is 0.290. The fraction of sp³-hybridized carbons (Fsp3) is 0.500. The average Bonchev–Trinajstić information content (AvgIpc) is 2.64. The van der Waals surface area contributed by atoms with Crippen molar-refractivity contribution in [2.45, 2.75) is 26.7 Å². The SMILES string of the molecule is CCOc1ccc2c(c1)C(=N)NC2(OCC)OCC. The summed E-state index contributed by atoms with van der Waals surface area (Å²) in [4.78, 5) is 0. The molecule has 0 amide bonds. The molecule has 1 heterocycles. The summed E-state index contributed by atoms with van der Waals surface area (Å²) in [5.74, 6) is -0.00393. The largest absolute Gasteiger partial charge is 0.494 e. The predicted octanol–water partition coefficient (Wildman–Crippen LogP) is 2.20. The van der Waals surface area contributed by atoms with Gasteiger partial charge in [0.05, 0.1) is 6.61 Å². The minimum atomic E-state index is -1.04. The second-order valence-corrected chi connectivity index (χ2v) is 4.12. The molecule has 104 valence electrons.